The van der Waals surface area contributed by atoms with Gasteiger partial charge in [-0.2, -0.15) is 0 Å². The molecule has 1 fully saturated rings. The van der Waals surface area contributed by atoms with Crippen molar-refractivity contribution in [3.63, 3.8) is 0 Å². The van der Waals surface area contributed by atoms with E-state index in [9.17, 15) is 14.4 Å². The summed E-state index contributed by atoms with van der Waals surface area (Å²) in [7, 11) is 0. The molecule has 1 N–H and O–H groups in total. The van der Waals surface area contributed by atoms with Crippen LogP contribution in [0.15, 0.2) is 24.3 Å². The Balaban J connectivity index is 1.81. The van der Waals surface area contributed by atoms with Crippen molar-refractivity contribution in [3.05, 3.63) is 29.8 Å². The fourth-order valence-corrected chi connectivity index (χ4v) is 2.72. The lowest BCUT2D eigenvalue weighted by molar-refractivity contribution is -0.153. The van der Waals surface area contributed by atoms with Gasteiger partial charge in [0, 0.05) is 18.0 Å². The minimum absolute atomic E-state index is 0.117. The van der Waals surface area contributed by atoms with Crippen LogP contribution < -0.4 is 5.32 Å². The molecule has 1 atom stereocenters. The van der Waals surface area contributed by atoms with E-state index in [0.29, 0.717) is 18.0 Å². The Kier molecular flexibility index (Phi) is 5.43. The molecule has 1 aromatic carbocycles. The number of hydrogen-bond donors (Lipinski definition) is 1. The average molecular weight is 322 g/mol. The molecule has 1 aliphatic rings. The molecular weight excluding hydrogens is 304 g/mol. The number of rotatable bonds is 5. The van der Waals surface area contributed by atoms with Crippen LogP contribution in [0.3, 0.4) is 0 Å². The van der Waals surface area contributed by atoms with Crippen molar-refractivity contribution in [2.75, 3.05) is 24.2 Å². The summed E-state index contributed by atoms with van der Waals surface area (Å²) in [5.74, 6) is -0.308. The van der Waals surface area contributed by atoms with E-state index >= 15 is 0 Å². The second kappa shape index (κ2) is 7.31. The zero-order valence-corrected chi connectivity index (χ0v) is 13.3. The summed E-state index contributed by atoms with van der Waals surface area (Å²) >= 11 is 1.18. The first-order valence-corrected chi connectivity index (χ1v) is 7.93. The monoisotopic (exact) mass is 322 g/mol. The minimum Gasteiger partial charge on any atom is -0.451 e. The Labute approximate surface area is 133 Å². The number of aryl methyl sites for hydroxylation is 1. The van der Waals surface area contributed by atoms with Crippen molar-refractivity contribution >= 4 is 34.6 Å². The normalized spacial score (nSPS) is 15.5. The van der Waals surface area contributed by atoms with Gasteiger partial charge in [0.15, 0.2) is 6.10 Å². The molecule has 0 aliphatic carbocycles. The molecule has 7 heteroatoms. The third-order valence-electron chi connectivity index (χ3n) is 3.16. The second-order valence-corrected chi connectivity index (χ2v) is 6.07. The van der Waals surface area contributed by atoms with Crippen LogP contribution in [-0.4, -0.2) is 47.0 Å². The number of amides is 2. The minimum atomic E-state index is -0.917. The zero-order chi connectivity index (χ0) is 16.1. The Hall–Kier alpha value is -2.02. The van der Waals surface area contributed by atoms with Crippen molar-refractivity contribution in [1.82, 2.24) is 4.90 Å². The smallest absolute Gasteiger partial charge is 0.326 e. The lowest BCUT2D eigenvalue weighted by Gasteiger charge is -2.17. The van der Waals surface area contributed by atoms with Crippen LogP contribution in [0.25, 0.3) is 0 Å². The molecule has 2 amide bonds. The predicted molar refractivity (Wildman–Crippen MR) is 84.8 cm³/mol. The van der Waals surface area contributed by atoms with Gasteiger partial charge in [-0.15, -0.1) is 0 Å². The van der Waals surface area contributed by atoms with Gasteiger partial charge in [0.25, 0.3) is 11.1 Å². The van der Waals surface area contributed by atoms with E-state index < -0.39 is 18.0 Å². The predicted octanol–water partition coefficient (Wildman–Crippen LogP) is 2.03. The topological polar surface area (TPSA) is 75.7 Å². The lowest BCUT2D eigenvalue weighted by Crippen LogP contribution is -2.36. The number of nitrogens with zero attached hydrogens (tertiary/aromatic N) is 1. The molecule has 0 unspecified atom stereocenters. The van der Waals surface area contributed by atoms with E-state index in [1.807, 2.05) is 19.1 Å². The van der Waals surface area contributed by atoms with Gasteiger partial charge in [-0.05, 0) is 26.0 Å². The summed E-state index contributed by atoms with van der Waals surface area (Å²) < 4.78 is 5.06. The lowest BCUT2D eigenvalue weighted by atomic mass is 10.2. The molecule has 1 aromatic rings. The highest BCUT2D eigenvalue weighted by Gasteiger charge is 2.25. The van der Waals surface area contributed by atoms with E-state index in [1.54, 1.807) is 12.1 Å². The van der Waals surface area contributed by atoms with E-state index in [-0.39, 0.29) is 11.8 Å². The molecule has 22 heavy (non-hydrogen) atoms. The zero-order valence-electron chi connectivity index (χ0n) is 12.5. The van der Waals surface area contributed by atoms with Crippen LogP contribution in [0.5, 0.6) is 0 Å². The Bertz CT molecular complexity index is 573. The number of carbonyl (C=O) groups excluding carboxylic acids is 3. The van der Waals surface area contributed by atoms with Crippen LogP contribution >= 0.6 is 11.8 Å². The molecule has 6 nitrogen and oxygen atoms in total. The number of benzene rings is 1. The average Bonchev–Trinajstić information content (AvgIpc) is 2.86. The van der Waals surface area contributed by atoms with Gasteiger partial charge in [0.05, 0.1) is 0 Å². The summed E-state index contributed by atoms with van der Waals surface area (Å²) in [6.07, 6.45) is -0.917. The molecular formula is C15H18N2O4S. The molecule has 2 rings (SSSR count). The molecule has 1 aliphatic heterocycles. The highest BCUT2D eigenvalue weighted by Crippen LogP contribution is 2.17. The first-order valence-electron chi connectivity index (χ1n) is 6.94. The van der Waals surface area contributed by atoms with E-state index in [0.717, 1.165) is 5.56 Å². The van der Waals surface area contributed by atoms with Gasteiger partial charge in [0.2, 0.25) is 0 Å². The largest absolute Gasteiger partial charge is 0.451 e. The Morgan fingerprint density at radius 1 is 1.36 bits per heavy atom. The Morgan fingerprint density at radius 3 is 2.64 bits per heavy atom. The quantitative estimate of drug-likeness (QED) is 0.840. The van der Waals surface area contributed by atoms with Crippen LogP contribution in [-0.2, 0) is 14.3 Å². The van der Waals surface area contributed by atoms with Crippen molar-refractivity contribution in [2.45, 2.75) is 20.0 Å². The highest BCUT2D eigenvalue weighted by molar-refractivity contribution is 8.13. The first kappa shape index (κ1) is 16.4. The van der Waals surface area contributed by atoms with Crippen molar-refractivity contribution < 1.29 is 19.1 Å². The number of ether oxygens (including phenoxy) is 1. The summed E-state index contributed by atoms with van der Waals surface area (Å²) in [4.78, 5) is 36.5. The summed E-state index contributed by atoms with van der Waals surface area (Å²) in [5.41, 5.74) is 1.73. The highest BCUT2D eigenvalue weighted by atomic mass is 32.2. The van der Waals surface area contributed by atoms with Crippen molar-refractivity contribution in [3.8, 4) is 0 Å². The molecule has 0 spiro atoms. The van der Waals surface area contributed by atoms with Gasteiger partial charge in [-0.1, -0.05) is 29.5 Å². The van der Waals surface area contributed by atoms with E-state index in [1.165, 1.54) is 23.6 Å². The van der Waals surface area contributed by atoms with Gasteiger partial charge in [0.1, 0.15) is 6.54 Å². The Morgan fingerprint density at radius 2 is 2.05 bits per heavy atom. The van der Waals surface area contributed by atoms with Gasteiger partial charge >= 0.3 is 5.97 Å². The van der Waals surface area contributed by atoms with Gasteiger partial charge in [-0.3, -0.25) is 14.4 Å². The van der Waals surface area contributed by atoms with Crippen LogP contribution in [0.2, 0.25) is 0 Å². The van der Waals surface area contributed by atoms with E-state index in [2.05, 4.69) is 5.32 Å². The van der Waals surface area contributed by atoms with Gasteiger partial charge < -0.3 is 15.0 Å². The molecule has 0 aromatic heterocycles. The molecule has 0 bridgehead atoms. The molecule has 0 saturated carbocycles. The fourth-order valence-electron chi connectivity index (χ4n) is 1.89. The summed E-state index contributed by atoms with van der Waals surface area (Å²) in [6.45, 7) is 3.87. The third kappa shape index (κ3) is 4.49. The van der Waals surface area contributed by atoms with Crippen LogP contribution in [0.1, 0.15) is 12.5 Å². The number of nitrogens with one attached hydrogen (secondary N) is 1. The van der Waals surface area contributed by atoms with Crippen LogP contribution in [0.4, 0.5) is 10.5 Å². The number of anilines is 1. The number of hydrogen-bond acceptors (Lipinski definition) is 5. The second-order valence-electron chi connectivity index (χ2n) is 5.02. The summed E-state index contributed by atoms with van der Waals surface area (Å²) in [5, 5.41) is 2.55. The van der Waals surface area contributed by atoms with Gasteiger partial charge in [-0.25, -0.2) is 0 Å². The standard InChI is InChI=1S/C15H18N2O4S/c1-10-3-5-12(6-4-10)16-14(19)11(2)21-13(18)9-17-7-8-22-15(17)20/h3-6,11H,7-9H2,1-2H3,(H,16,19)/t11-/m1/s1. The summed E-state index contributed by atoms with van der Waals surface area (Å²) in [6, 6.07) is 7.32. The number of carbonyl (C=O) groups is 3. The number of thioether (sulfide) groups is 1. The fraction of sp³-hybridized carbons (Fsp3) is 0.400. The van der Waals surface area contributed by atoms with Crippen molar-refractivity contribution in [1.29, 1.82) is 0 Å². The maximum atomic E-state index is 12.0. The van der Waals surface area contributed by atoms with E-state index in [4.69, 9.17) is 4.74 Å². The maximum absolute atomic E-state index is 12.0. The maximum Gasteiger partial charge on any atom is 0.326 e. The van der Waals surface area contributed by atoms with Crippen LogP contribution in [0, 0.1) is 6.92 Å². The molecule has 1 saturated heterocycles. The number of esters is 1. The first-order chi connectivity index (χ1) is 10.5. The third-order valence-corrected chi connectivity index (χ3v) is 4.05. The molecule has 118 valence electrons. The SMILES string of the molecule is Cc1ccc(NC(=O)[C@@H](C)OC(=O)CN2CCSC2=O)cc1. The van der Waals surface area contributed by atoms with Crippen molar-refractivity contribution in [2.24, 2.45) is 0 Å². The molecule has 0 radical (unpaired) electrons. The molecule has 1 heterocycles.